The molecule has 0 fully saturated rings. The Balaban J connectivity index is 2.44. The molecule has 104 valence electrons. The van der Waals surface area contributed by atoms with Gasteiger partial charge in [0.15, 0.2) is 5.52 Å². The van der Waals surface area contributed by atoms with Crippen LogP contribution >= 0.6 is 0 Å². The van der Waals surface area contributed by atoms with Gasteiger partial charge in [-0.1, -0.05) is 13.8 Å². The van der Waals surface area contributed by atoms with Gasteiger partial charge in [-0.15, -0.1) is 0 Å². The molecule has 0 aromatic carbocycles. The highest BCUT2D eigenvalue weighted by atomic mass is 16.2. The summed E-state index contributed by atoms with van der Waals surface area (Å²) < 4.78 is 2.99. The quantitative estimate of drug-likeness (QED) is 0.715. The van der Waals surface area contributed by atoms with Crippen LogP contribution in [0.4, 0.5) is 0 Å². The summed E-state index contributed by atoms with van der Waals surface area (Å²) >= 11 is 0. The smallest absolute Gasteiger partial charge is 0.315 e. The molecule has 2 aromatic rings. The van der Waals surface area contributed by atoms with E-state index in [1.54, 1.807) is 10.9 Å². The maximum Gasteiger partial charge on any atom is 0.330 e. The van der Waals surface area contributed by atoms with Crippen LogP contribution in [0.1, 0.15) is 20.3 Å². The van der Waals surface area contributed by atoms with E-state index in [0.717, 1.165) is 19.5 Å². The first kappa shape index (κ1) is 13.5. The van der Waals surface area contributed by atoms with Crippen molar-refractivity contribution in [1.29, 1.82) is 0 Å². The summed E-state index contributed by atoms with van der Waals surface area (Å²) in [5, 5.41) is 3.19. The number of likely N-dealkylation sites (N-methyl/N-ethyl adjacent to an activating group) is 1. The molecule has 0 aliphatic heterocycles. The number of nitrogens with zero attached hydrogens (tertiary/aromatic N) is 3. The second kappa shape index (κ2) is 5.83. The zero-order valence-electron chi connectivity index (χ0n) is 11.3. The highest BCUT2D eigenvalue weighted by Gasteiger charge is 2.11. The van der Waals surface area contributed by atoms with E-state index in [2.05, 4.69) is 15.3 Å². The average molecular weight is 265 g/mol. The summed E-state index contributed by atoms with van der Waals surface area (Å²) in [6, 6.07) is 0. The number of hydrogen-bond acceptors (Lipinski definition) is 4. The van der Waals surface area contributed by atoms with Crippen LogP contribution in [0, 0.1) is 0 Å². The summed E-state index contributed by atoms with van der Waals surface area (Å²) in [6.07, 6.45) is 2.32. The Morgan fingerprint density at radius 1 is 1.32 bits per heavy atom. The lowest BCUT2D eigenvalue weighted by atomic mass is 10.4. The molecule has 0 amide bonds. The van der Waals surface area contributed by atoms with E-state index in [1.807, 2.05) is 13.8 Å². The molecule has 0 aliphatic rings. The lowest BCUT2D eigenvalue weighted by Crippen LogP contribution is -2.35. The second-order valence-electron chi connectivity index (χ2n) is 4.38. The van der Waals surface area contributed by atoms with Gasteiger partial charge in [-0.2, -0.15) is 0 Å². The topological polar surface area (TPSA) is 84.7 Å². The zero-order chi connectivity index (χ0) is 13.8. The molecule has 2 aromatic heterocycles. The highest BCUT2D eigenvalue weighted by molar-refractivity contribution is 5.68. The van der Waals surface area contributed by atoms with Crippen molar-refractivity contribution in [3.05, 3.63) is 27.2 Å². The minimum Gasteiger partial charge on any atom is -0.315 e. The van der Waals surface area contributed by atoms with Crippen LogP contribution in [0.2, 0.25) is 0 Å². The van der Waals surface area contributed by atoms with Gasteiger partial charge in [0.25, 0.3) is 5.56 Å². The van der Waals surface area contributed by atoms with Gasteiger partial charge in [0.05, 0.1) is 6.33 Å². The van der Waals surface area contributed by atoms with Gasteiger partial charge in [0, 0.05) is 19.6 Å². The molecule has 0 saturated heterocycles. The van der Waals surface area contributed by atoms with Crippen LogP contribution in [-0.2, 0) is 13.1 Å². The molecule has 2 N–H and O–H groups in total. The summed E-state index contributed by atoms with van der Waals surface area (Å²) in [6.45, 7) is 6.67. The average Bonchev–Trinajstić information content (AvgIpc) is 2.78. The van der Waals surface area contributed by atoms with Gasteiger partial charge in [0.2, 0.25) is 0 Å². The van der Waals surface area contributed by atoms with Crippen molar-refractivity contribution >= 4 is 11.2 Å². The monoisotopic (exact) mass is 265 g/mol. The van der Waals surface area contributed by atoms with Gasteiger partial charge in [0.1, 0.15) is 5.65 Å². The van der Waals surface area contributed by atoms with Crippen molar-refractivity contribution in [3.8, 4) is 0 Å². The van der Waals surface area contributed by atoms with Crippen molar-refractivity contribution in [2.45, 2.75) is 33.4 Å². The van der Waals surface area contributed by atoms with E-state index >= 15 is 0 Å². The zero-order valence-corrected chi connectivity index (χ0v) is 11.3. The van der Waals surface area contributed by atoms with Gasteiger partial charge in [-0.3, -0.25) is 14.3 Å². The molecule has 0 aliphatic carbocycles. The van der Waals surface area contributed by atoms with Crippen LogP contribution < -0.4 is 16.6 Å². The first-order valence-electron chi connectivity index (χ1n) is 6.57. The molecule has 7 heteroatoms. The number of H-pyrrole nitrogens is 1. The predicted molar refractivity (Wildman–Crippen MR) is 73.4 cm³/mol. The fourth-order valence-corrected chi connectivity index (χ4v) is 2.03. The van der Waals surface area contributed by atoms with Crippen molar-refractivity contribution in [2.75, 3.05) is 13.1 Å². The Morgan fingerprint density at radius 2 is 2.11 bits per heavy atom. The van der Waals surface area contributed by atoms with E-state index < -0.39 is 0 Å². The molecular formula is C12H19N5O2. The van der Waals surface area contributed by atoms with Crippen LogP contribution in [-0.4, -0.2) is 32.2 Å². The molecule has 0 spiro atoms. The van der Waals surface area contributed by atoms with Crippen molar-refractivity contribution in [3.63, 3.8) is 0 Å². The standard InChI is InChI=1S/C12H19N5O2/c1-3-6-17-11(18)9-10(15-12(17)19)16(8-14-9)7-5-13-4-2/h8,13H,3-7H2,1-2H3,(H,15,19). The number of imidazole rings is 1. The molecule has 7 nitrogen and oxygen atoms in total. The third-order valence-electron chi connectivity index (χ3n) is 2.98. The number of rotatable bonds is 6. The molecule has 2 heterocycles. The Bertz CT molecular complexity index is 667. The van der Waals surface area contributed by atoms with Gasteiger partial charge in [-0.25, -0.2) is 9.78 Å². The molecule has 2 rings (SSSR count). The normalized spacial score (nSPS) is 11.3. The fourth-order valence-electron chi connectivity index (χ4n) is 2.03. The van der Waals surface area contributed by atoms with Crippen molar-refractivity contribution in [1.82, 2.24) is 24.4 Å². The second-order valence-corrected chi connectivity index (χ2v) is 4.38. The van der Waals surface area contributed by atoms with Crippen molar-refractivity contribution in [2.24, 2.45) is 0 Å². The van der Waals surface area contributed by atoms with E-state index in [4.69, 9.17) is 0 Å². The summed E-state index contributed by atoms with van der Waals surface area (Å²) in [7, 11) is 0. The Kier molecular flexibility index (Phi) is 4.16. The van der Waals surface area contributed by atoms with Gasteiger partial charge >= 0.3 is 5.69 Å². The number of hydrogen-bond donors (Lipinski definition) is 2. The van der Waals surface area contributed by atoms with E-state index in [-0.39, 0.29) is 11.2 Å². The molecule has 19 heavy (non-hydrogen) atoms. The Morgan fingerprint density at radius 3 is 2.79 bits per heavy atom. The third kappa shape index (κ3) is 2.60. The molecule has 0 atom stereocenters. The molecular weight excluding hydrogens is 246 g/mol. The first-order valence-corrected chi connectivity index (χ1v) is 6.57. The largest absolute Gasteiger partial charge is 0.330 e. The van der Waals surface area contributed by atoms with E-state index in [9.17, 15) is 9.59 Å². The number of nitrogens with one attached hydrogen (secondary N) is 2. The van der Waals surface area contributed by atoms with Gasteiger partial charge < -0.3 is 9.88 Å². The van der Waals surface area contributed by atoms with E-state index in [0.29, 0.717) is 24.3 Å². The summed E-state index contributed by atoms with van der Waals surface area (Å²) in [5.74, 6) is 0. The SMILES string of the molecule is CCCn1c(=O)[nH]c2c(ncn2CCNCC)c1=O. The molecule has 0 unspecified atom stereocenters. The summed E-state index contributed by atoms with van der Waals surface area (Å²) in [5.41, 5.74) is 0.136. The molecule has 0 radical (unpaired) electrons. The number of aromatic nitrogens is 4. The fraction of sp³-hybridized carbons (Fsp3) is 0.583. The number of fused-ring (bicyclic) bond motifs is 1. The maximum absolute atomic E-state index is 12.1. The molecule has 0 bridgehead atoms. The maximum atomic E-state index is 12.1. The van der Waals surface area contributed by atoms with Gasteiger partial charge in [-0.05, 0) is 13.0 Å². The van der Waals surface area contributed by atoms with Crippen LogP contribution in [0.5, 0.6) is 0 Å². The van der Waals surface area contributed by atoms with Crippen LogP contribution in [0.3, 0.4) is 0 Å². The van der Waals surface area contributed by atoms with Crippen molar-refractivity contribution < 1.29 is 0 Å². The third-order valence-corrected chi connectivity index (χ3v) is 2.98. The number of aromatic amines is 1. The van der Waals surface area contributed by atoms with Crippen LogP contribution in [0.25, 0.3) is 11.2 Å². The summed E-state index contributed by atoms with van der Waals surface area (Å²) in [4.78, 5) is 30.9. The van der Waals surface area contributed by atoms with E-state index in [1.165, 1.54) is 4.57 Å². The molecule has 0 saturated carbocycles. The minimum atomic E-state index is -0.371. The Labute approximate surface area is 110 Å². The highest BCUT2D eigenvalue weighted by Crippen LogP contribution is 2.02. The van der Waals surface area contributed by atoms with Crippen LogP contribution in [0.15, 0.2) is 15.9 Å². The Hall–Kier alpha value is -1.89. The lowest BCUT2D eigenvalue weighted by Gasteiger charge is -2.05. The lowest BCUT2D eigenvalue weighted by molar-refractivity contribution is 0.608. The minimum absolute atomic E-state index is 0.317. The predicted octanol–water partition coefficient (Wildman–Crippen LogP) is -0.0942. The first-order chi connectivity index (χ1) is 9.19.